The Morgan fingerprint density at radius 3 is 2.50 bits per heavy atom. The highest BCUT2D eigenvalue weighted by Gasteiger charge is 2.23. The molecule has 1 aromatic heterocycles. The van der Waals surface area contributed by atoms with Gasteiger partial charge < -0.3 is 19.5 Å². The molecule has 2 heterocycles. The molecule has 0 unspecified atom stereocenters. The highest BCUT2D eigenvalue weighted by atomic mass is 16.5. The fourth-order valence-electron chi connectivity index (χ4n) is 4.01. The van der Waals surface area contributed by atoms with Crippen LogP contribution < -0.4 is 10.2 Å². The monoisotopic (exact) mass is 472 g/mol. The number of nitrogens with zero attached hydrogens (tertiary/aromatic N) is 3. The predicted molar refractivity (Wildman–Crippen MR) is 138 cm³/mol. The molecular formula is C27H44N4O3. The van der Waals surface area contributed by atoms with E-state index in [2.05, 4.69) is 47.2 Å². The first-order chi connectivity index (χ1) is 16.2. The number of hydrogen-bond acceptors (Lipinski definition) is 6. The van der Waals surface area contributed by atoms with Gasteiger partial charge in [-0.05, 0) is 88.6 Å². The molecule has 1 amide bonds. The summed E-state index contributed by atoms with van der Waals surface area (Å²) in [6, 6.07) is 0.100. The summed E-state index contributed by atoms with van der Waals surface area (Å²) in [5.41, 5.74) is 1.67. The molecule has 0 bridgehead atoms. The van der Waals surface area contributed by atoms with Crippen LogP contribution in [0.15, 0.2) is 39.7 Å². The second kappa shape index (κ2) is 14.0. The minimum absolute atomic E-state index is 0.0474. The SMILES string of the molecule is CC\C=C(C)/C(=C\C=C(/C)OCCCC1CCN(c2noc(C(C)C)n2)CC1)C(=O)NC(C)C. The van der Waals surface area contributed by atoms with Gasteiger partial charge in [0.25, 0.3) is 11.9 Å². The lowest BCUT2D eigenvalue weighted by molar-refractivity contribution is -0.117. The van der Waals surface area contributed by atoms with E-state index in [0.29, 0.717) is 24.0 Å². The Kier molecular flexibility index (Phi) is 11.4. The number of ether oxygens (including phenoxy) is 1. The van der Waals surface area contributed by atoms with E-state index >= 15 is 0 Å². The van der Waals surface area contributed by atoms with E-state index in [1.54, 1.807) is 0 Å². The van der Waals surface area contributed by atoms with E-state index in [-0.39, 0.29) is 17.9 Å². The summed E-state index contributed by atoms with van der Waals surface area (Å²) in [7, 11) is 0. The molecule has 1 aliphatic heterocycles. The maximum Gasteiger partial charge on any atom is 0.266 e. The van der Waals surface area contributed by atoms with Crippen molar-refractivity contribution >= 4 is 11.9 Å². The van der Waals surface area contributed by atoms with Crippen molar-refractivity contribution in [3.8, 4) is 0 Å². The average molecular weight is 473 g/mol. The van der Waals surface area contributed by atoms with Gasteiger partial charge in [0.1, 0.15) is 0 Å². The Bertz CT molecular complexity index is 859. The summed E-state index contributed by atoms with van der Waals surface area (Å²) in [6.07, 6.45) is 11.2. The van der Waals surface area contributed by atoms with Crippen LogP contribution in [0.25, 0.3) is 0 Å². The van der Waals surface area contributed by atoms with Crippen molar-refractivity contribution in [1.82, 2.24) is 15.5 Å². The molecule has 1 aliphatic rings. The van der Waals surface area contributed by atoms with Crippen molar-refractivity contribution < 1.29 is 14.1 Å². The van der Waals surface area contributed by atoms with Crippen LogP contribution in [0.2, 0.25) is 0 Å². The van der Waals surface area contributed by atoms with Crippen LogP contribution in [0, 0.1) is 5.92 Å². The zero-order valence-electron chi connectivity index (χ0n) is 22.2. The van der Waals surface area contributed by atoms with Crippen LogP contribution in [0.1, 0.15) is 92.4 Å². The summed E-state index contributed by atoms with van der Waals surface area (Å²) >= 11 is 0. The molecule has 1 aromatic rings. The highest BCUT2D eigenvalue weighted by Crippen LogP contribution is 2.25. The minimum Gasteiger partial charge on any atom is -0.498 e. The van der Waals surface area contributed by atoms with Gasteiger partial charge >= 0.3 is 0 Å². The molecular weight excluding hydrogens is 428 g/mol. The molecule has 190 valence electrons. The molecule has 1 saturated heterocycles. The summed E-state index contributed by atoms with van der Waals surface area (Å²) in [5.74, 6) is 3.17. The number of rotatable bonds is 12. The molecule has 2 rings (SSSR count). The van der Waals surface area contributed by atoms with Crippen LogP contribution in [0.4, 0.5) is 5.95 Å². The summed E-state index contributed by atoms with van der Waals surface area (Å²) in [6.45, 7) is 16.7. The van der Waals surface area contributed by atoms with Crippen molar-refractivity contribution in [2.45, 2.75) is 92.5 Å². The fourth-order valence-corrected chi connectivity index (χ4v) is 4.01. The van der Waals surface area contributed by atoms with Crippen LogP contribution in [-0.2, 0) is 9.53 Å². The van der Waals surface area contributed by atoms with Crippen LogP contribution in [0.5, 0.6) is 0 Å². The van der Waals surface area contributed by atoms with Gasteiger partial charge in [0.05, 0.1) is 12.4 Å². The van der Waals surface area contributed by atoms with E-state index in [9.17, 15) is 4.79 Å². The molecule has 0 aromatic carbocycles. The Morgan fingerprint density at radius 2 is 1.91 bits per heavy atom. The largest absolute Gasteiger partial charge is 0.498 e. The molecule has 0 spiro atoms. The minimum atomic E-state index is -0.0474. The smallest absolute Gasteiger partial charge is 0.266 e. The zero-order valence-corrected chi connectivity index (χ0v) is 22.2. The lowest BCUT2D eigenvalue weighted by Gasteiger charge is -2.30. The third-order valence-corrected chi connectivity index (χ3v) is 5.99. The second-order valence-electron chi connectivity index (χ2n) is 9.79. The molecule has 34 heavy (non-hydrogen) atoms. The highest BCUT2D eigenvalue weighted by molar-refractivity contribution is 5.98. The molecule has 7 nitrogen and oxygen atoms in total. The number of carbonyl (C=O) groups is 1. The van der Waals surface area contributed by atoms with E-state index in [1.807, 2.05) is 39.8 Å². The van der Waals surface area contributed by atoms with E-state index in [4.69, 9.17) is 9.26 Å². The first-order valence-electron chi connectivity index (χ1n) is 12.8. The lowest BCUT2D eigenvalue weighted by atomic mass is 9.92. The first kappa shape index (κ1) is 27.7. The van der Waals surface area contributed by atoms with Gasteiger partial charge in [-0.25, -0.2) is 0 Å². The maximum atomic E-state index is 12.6. The van der Waals surface area contributed by atoms with Crippen molar-refractivity contribution in [3.05, 3.63) is 41.0 Å². The Hall–Kier alpha value is -2.57. The van der Waals surface area contributed by atoms with Gasteiger partial charge in [-0.1, -0.05) is 26.8 Å². The van der Waals surface area contributed by atoms with Crippen molar-refractivity contribution in [1.29, 1.82) is 0 Å². The quantitative estimate of drug-likeness (QED) is 0.176. The molecule has 0 saturated carbocycles. The third kappa shape index (κ3) is 8.99. The summed E-state index contributed by atoms with van der Waals surface area (Å²) in [5, 5.41) is 7.12. The normalized spacial score (nSPS) is 16.5. The number of carbonyl (C=O) groups excluding carboxylic acids is 1. The van der Waals surface area contributed by atoms with Crippen LogP contribution >= 0.6 is 0 Å². The van der Waals surface area contributed by atoms with Crippen molar-refractivity contribution in [3.63, 3.8) is 0 Å². The lowest BCUT2D eigenvalue weighted by Crippen LogP contribution is -2.34. The number of amides is 1. The van der Waals surface area contributed by atoms with Crippen LogP contribution in [0.3, 0.4) is 0 Å². The third-order valence-electron chi connectivity index (χ3n) is 5.99. The second-order valence-corrected chi connectivity index (χ2v) is 9.79. The van der Waals surface area contributed by atoms with E-state index in [0.717, 1.165) is 62.5 Å². The Labute approximate surface area is 205 Å². The van der Waals surface area contributed by atoms with Crippen molar-refractivity contribution in [2.24, 2.45) is 5.92 Å². The molecule has 0 aliphatic carbocycles. The molecule has 0 radical (unpaired) electrons. The summed E-state index contributed by atoms with van der Waals surface area (Å²) in [4.78, 5) is 19.3. The van der Waals surface area contributed by atoms with Crippen LogP contribution in [-0.4, -0.2) is 41.8 Å². The number of piperidine rings is 1. The zero-order chi connectivity index (χ0) is 25.1. The Morgan fingerprint density at radius 1 is 1.21 bits per heavy atom. The standard InChI is InChI=1S/C27H44N4O3/c1-8-10-21(6)24(25(32)28-20(4)5)13-12-22(7)33-18-9-11-23-14-16-31(17-15-23)27-29-26(19(2)3)34-30-27/h10,12-13,19-20,23H,8-9,11,14-18H2,1-7H3,(H,28,32)/b21-10-,22-12+,24-13+. The number of hydrogen-bond donors (Lipinski definition) is 1. The van der Waals surface area contributed by atoms with E-state index in [1.165, 1.54) is 0 Å². The molecule has 1 fully saturated rings. The molecule has 0 atom stereocenters. The van der Waals surface area contributed by atoms with E-state index < -0.39 is 0 Å². The maximum absolute atomic E-state index is 12.6. The van der Waals surface area contributed by atoms with Gasteiger partial charge in [0.2, 0.25) is 5.89 Å². The average Bonchev–Trinajstić information content (AvgIpc) is 3.28. The number of allylic oxidation sites excluding steroid dienone is 4. The van der Waals surface area contributed by atoms with Gasteiger partial charge in [0.15, 0.2) is 0 Å². The van der Waals surface area contributed by atoms with Gasteiger partial charge in [0, 0.05) is 30.6 Å². The Balaban J connectivity index is 1.77. The topological polar surface area (TPSA) is 80.5 Å². The summed E-state index contributed by atoms with van der Waals surface area (Å²) < 4.78 is 11.3. The van der Waals surface area contributed by atoms with Gasteiger partial charge in [-0.15, -0.1) is 0 Å². The number of nitrogens with one attached hydrogen (secondary N) is 1. The van der Waals surface area contributed by atoms with Crippen molar-refractivity contribution in [2.75, 3.05) is 24.6 Å². The molecule has 1 N–H and O–H groups in total. The van der Waals surface area contributed by atoms with Gasteiger partial charge in [-0.3, -0.25) is 4.79 Å². The predicted octanol–water partition coefficient (Wildman–Crippen LogP) is 5.92. The number of aromatic nitrogens is 2. The number of anilines is 1. The first-order valence-corrected chi connectivity index (χ1v) is 12.8. The fraction of sp³-hybridized carbons (Fsp3) is 0.667. The molecule has 7 heteroatoms. The van der Waals surface area contributed by atoms with Gasteiger partial charge in [-0.2, -0.15) is 4.98 Å².